The quantitative estimate of drug-likeness (QED) is 0.637. The van der Waals surface area contributed by atoms with Crippen LogP contribution in [-0.4, -0.2) is 16.7 Å². The molecule has 1 aliphatic carbocycles. The number of esters is 1. The fraction of sp³-hybridized carbons (Fsp3) is 0.591. The molecular weight excluding hydrogens is 344 g/mol. The first kappa shape index (κ1) is 19.3. The smallest absolute Gasteiger partial charge is 0.349 e. The number of aryl methyl sites for hydroxylation is 2. The van der Waals surface area contributed by atoms with E-state index in [0.717, 1.165) is 41.7 Å². The van der Waals surface area contributed by atoms with Crippen LogP contribution in [0.5, 0.6) is 0 Å². The van der Waals surface area contributed by atoms with E-state index in [1.54, 1.807) is 0 Å². The molecule has 1 heterocycles. The summed E-state index contributed by atoms with van der Waals surface area (Å²) in [5.41, 5.74) is 2.01. The Bertz CT molecular complexity index is 734. The lowest BCUT2D eigenvalue weighted by atomic mass is 9.67. The van der Waals surface area contributed by atoms with E-state index in [2.05, 4.69) is 26.8 Å². The molecular formula is C22H30O3S. The lowest BCUT2D eigenvalue weighted by molar-refractivity contribution is -0.163. The Morgan fingerprint density at radius 3 is 2.42 bits per heavy atom. The number of hydrogen-bond acceptors (Lipinski definition) is 4. The van der Waals surface area contributed by atoms with Crippen molar-refractivity contribution >= 4 is 17.7 Å². The molecule has 0 bridgehead atoms. The second kappa shape index (κ2) is 6.95. The highest BCUT2D eigenvalue weighted by molar-refractivity contribution is 8.04. The van der Waals surface area contributed by atoms with Crippen molar-refractivity contribution < 1.29 is 14.6 Å². The van der Waals surface area contributed by atoms with Crippen LogP contribution < -0.4 is 0 Å². The van der Waals surface area contributed by atoms with Crippen molar-refractivity contribution in [1.29, 1.82) is 0 Å². The normalized spacial score (nSPS) is 27.0. The van der Waals surface area contributed by atoms with E-state index in [1.807, 2.05) is 26.0 Å². The van der Waals surface area contributed by atoms with Gasteiger partial charge in [0.1, 0.15) is 16.3 Å². The summed E-state index contributed by atoms with van der Waals surface area (Å²) in [7, 11) is 0. The molecule has 0 unspecified atom stereocenters. The van der Waals surface area contributed by atoms with Gasteiger partial charge < -0.3 is 9.84 Å². The van der Waals surface area contributed by atoms with Gasteiger partial charge in [-0.15, -0.1) is 0 Å². The summed E-state index contributed by atoms with van der Waals surface area (Å²) in [6.45, 7) is 10.9. The van der Waals surface area contributed by atoms with Crippen molar-refractivity contribution in [3.05, 3.63) is 40.0 Å². The molecule has 3 nitrogen and oxygen atoms in total. The molecule has 1 aromatic rings. The predicted octanol–water partition coefficient (Wildman–Crippen LogP) is 6.09. The number of benzene rings is 1. The second-order valence-electron chi connectivity index (χ2n) is 9.04. The average Bonchev–Trinajstić information content (AvgIpc) is 2.53. The fourth-order valence-electron chi connectivity index (χ4n) is 4.10. The maximum Gasteiger partial charge on any atom is 0.349 e. The maximum absolute atomic E-state index is 12.7. The SMILES string of the molecule is Cc1ccc(C)c(SC2=C(O)CC3(CCC(C(C)(C)C)CC3)OC2=O)c1. The van der Waals surface area contributed by atoms with Gasteiger partial charge in [-0.25, -0.2) is 4.79 Å². The fourth-order valence-corrected chi connectivity index (χ4v) is 5.11. The molecule has 1 spiro atoms. The first-order valence-electron chi connectivity index (χ1n) is 9.50. The molecule has 0 aromatic heterocycles. The Morgan fingerprint density at radius 1 is 1.19 bits per heavy atom. The minimum absolute atomic E-state index is 0.196. The maximum atomic E-state index is 12.7. The lowest BCUT2D eigenvalue weighted by Crippen LogP contribution is -2.44. The third-order valence-corrected chi connectivity index (χ3v) is 7.19. The van der Waals surface area contributed by atoms with Gasteiger partial charge in [0.15, 0.2) is 0 Å². The lowest BCUT2D eigenvalue weighted by Gasteiger charge is -2.45. The van der Waals surface area contributed by atoms with E-state index in [-0.39, 0.29) is 17.1 Å². The summed E-state index contributed by atoms with van der Waals surface area (Å²) in [5, 5.41) is 10.7. The van der Waals surface area contributed by atoms with Crippen LogP contribution in [0.1, 0.15) is 64.0 Å². The average molecular weight is 375 g/mol. The van der Waals surface area contributed by atoms with E-state index in [4.69, 9.17) is 4.74 Å². The van der Waals surface area contributed by atoms with Gasteiger partial charge in [-0.3, -0.25) is 0 Å². The molecule has 1 aromatic carbocycles. The molecule has 142 valence electrons. The van der Waals surface area contributed by atoms with Crippen molar-refractivity contribution in [3.8, 4) is 0 Å². The minimum atomic E-state index is -0.505. The van der Waals surface area contributed by atoms with Gasteiger partial charge >= 0.3 is 5.97 Å². The first-order valence-corrected chi connectivity index (χ1v) is 10.3. The molecule has 4 heteroatoms. The molecule has 1 aliphatic heterocycles. The van der Waals surface area contributed by atoms with Gasteiger partial charge in [-0.2, -0.15) is 0 Å². The van der Waals surface area contributed by atoms with E-state index in [1.165, 1.54) is 11.8 Å². The highest BCUT2D eigenvalue weighted by Crippen LogP contribution is 2.48. The Balaban J connectivity index is 1.77. The molecule has 2 aliphatic rings. The third kappa shape index (κ3) is 3.95. The number of carbonyl (C=O) groups is 1. The van der Waals surface area contributed by atoms with Crippen molar-refractivity contribution in [2.45, 2.75) is 77.2 Å². The summed E-state index contributed by atoms with van der Waals surface area (Å²) in [6, 6.07) is 6.14. The highest BCUT2D eigenvalue weighted by Gasteiger charge is 2.46. The molecule has 1 saturated carbocycles. The summed E-state index contributed by atoms with van der Waals surface area (Å²) < 4.78 is 5.92. The monoisotopic (exact) mass is 374 g/mol. The largest absolute Gasteiger partial charge is 0.511 e. The summed E-state index contributed by atoms with van der Waals surface area (Å²) in [6.07, 6.45) is 4.22. The van der Waals surface area contributed by atoms with E-state index >= 15 is 0 Å². The highest BCUT2D eigenvalue weighted by atomic mass is 32.2. The van der Waals surface area contributed by atoms with E-state index in [9.17, 15) is 9.90 Å². The van der Waals surface area contributed by atoms with Gasteiger partial charge in [-0.05, 0) is 68.1 Å². The van der Waals surface area contributed by atoms with Crippen LogP contribution in [-0.2, 0) is 9.53 Å². The number of rotatable bonds is 2. The van der Waals surface area contributed by atoms with Crippen LogP contribution in [0.15, 0.2) is 33.8 Å². The zero-order chi connectivity index (χ0) is 19.1. The Hall–Kier alpha value is -1.42. The van der Waals surface area contributed by atoms with Gasteiger partial charge in [-0.1, -0.05) is 44.7 Å². The Kier molecular flexibility index (Phi) is 5.17. The Morgan fingerprint density at radius 2 is 1.85 bits per heavy atom. The number of ether oxygens (including phenoxy) is 1. The van der Waals surface area contributed by atoms with Crippen LogP contribution in [0.3, 0.4) is 0 Å². The van der Waals surface area contributed by atoms with Crippen LogP contribution in [0.25, 0.3) is 0 Å². The first-order chi connectivity index (χ1) is 12.1. The van der Waals surface area contributed by atoms with Crippen LogP contribution >= 0.6 is 11.8 Å². The molecule has 3 rings (SSSR count). The van der Waals surface area contributed by atoms with E-state index in [0.29, 0.717) is 17.2 Å². The van der Waals surface area contributed by atoms with Crippen molar-refractivity contribution in [3.63, 3.8) is 0 Å². The molecule has 0 saturated heterocycles. The van der Waals surface area contributed by atoms with Gasteiger partial charge in [0.05, 0.1) is 0 Å². The minimum Gasteiger partial charge on any atom is -0.511 e. The number of carbonyl (C=O) groups excluding carboxylic acids is 1. The zero-order valence-electron chi connectivity index (χ0n) is 16.5. The zero-order valence-corrected chi connectivity index (χ0v) is 17.3. The topological polar surface area (TPSA) is 46.5 Å². The Labute approximate surface area is 161 Å². The molecule has 1 N–H and O–H groups in total. The number of aliphatic hydroxyl groups excluding tert-OH is 1. The molecule has 0 radical (unpaired) electrons. The molecule has 26 heavy (non-hydrogen) atoms. The summed E-state index contributed by atoms with van der Waals surface area (Å²) in [5.74, 6) is 0.471. The van der Waals surface area contributed by atoms with Crippen LogP contribution in [0, 0.1) is 25.2 Å². The van der Waals surface area contributed by atoms with E-state index < -0.39 is 5.60 Å². The summed E-state index contributed by atoms with van der Waals surface area (Å²) in [4.78, 5) is 14.0. The number of aliphatic hydroxyl groups is 1. The van der Waals surface area contributed by atoms with Crippen LogP contribution in [0.4, 0.5) is 0 Å². The van der Waals surface area contributed by atoms with Crippen molar-refractivity contribution in [2.24, 2.45) is 11.3 Å². The number of thioether (sulfide) groups is 1. The third-order valence-electron chi connectivity index (χ3n) is 5.92. The van der Waals surface area contributed by atoms with Crippen LogP contribution in [0.2, 0.25) is 0 Å². The number of hydrogen-bond donors (Lipinski definition) is 1. The van der Waals surface area contributed by atoms with Crippen molar-refractivity contribution in [2.75, 3.05) is 0 Å². The van der Waals surface area contributed by atoms with Gasteiger partial charge in [0.2, 0.25) is 0 Å². The van der Waals surface area contributed by atoms with Gasteiger partial charge in [0, 0.05) is 11.3 Å². The summed E-state index contributed by atoms with van der Waals surface area (Å²) >= 11 is 1.33. The predicted molar refractivity (Wildman–Crippen MR) is 106 cm³/mol. The second-order valence-corrected chi connectivity index (χ2v) is 10.1. The molecule has 0 amide bonds. The molecule has 0 atom stereocenters. The standard InChI is InChI=1S/C22H30O3S/c1-14-6-7-15(2)18(12-14)26-19-17(23)13-22(25-20(19)24)10-8-16(9-11-22)21(3,4)5/h6-7,12,16,23H,8-11,13H2,1-5H3. The molecule has 1 fully saturated rings. The van der Waals surface area contributed by atoms with Crippen molar-refractivity contribution in [1.82, 2.24) is 0 Å². The van der Waals surface area contributed by atoms with Gasteiger partial charge in [0.25, 0.3) is 0 Å².